The Kier molecular flexibility index (Phi) is 4.99. The molecule has 0 spiro atoms. The van der Waals surface area contributed by atoms with Crippen LogP contribution in [0.2, 0.25) is 0 Å². The summed E-state index contributed by atoms with van der Waals surface area (Å²) in [5, 5.41) is 9.41. The first-order chi connectivity index (χ1) is 8.56. The fourth-order valence-electron chi connectivity index (χ4n) is 1.39. The minimum absolute atomic E-state index is 0.0858. The van der Waals surface area contributed by atoms with E-state index in [-0.39, 0.29) is 11.5 Å². The SMILES string of the molecule is COc1ccc(/C=C/C(O)=CC(C)=O)cc1OC. The van der Waals surface area contributed by atoms with E-state index in [1.54, 1.807) is 32.4 Å². The number of rotatable bonds is 5. The van der Waals surface area contributed by atoms with Crippen molar-refractivity contribution in [2.75, 3.05) is 14.2 Å². The molecule has 0 amide bonds. The average Bonchev–Trinajstić information content (AvgIpc) is 2.35. The molecule has 1 rings (SSSR count). The van der Waals surface area contributed by atoms with E-state index in [0.717, 1.165) is 11.6 Å². The van der Waals surface area contributed by atoms with Crippen LogP contribution < -0.4 is 9.47 Å². The summed E-state index contributed by atoms with van der Waals surface area (Å²) in [6.45, 7) is 1.38. The van der Waals surface area contributed by atoms with Crippen LogP contribution in [0.25, 0.3) is 6.08 Å². The third kappa shape index (κ3) is 3.97. The minimum Gasteiger partial charge on any atom is -0.508 e. The van der Waals surface area contributed by atoms with Crippen LogP contribution >= 0.6 is 0 Å². The van der Waals surface area contributed by atoms with Gasteiger partial charge in [-0.1, -0.05) is 12.1 Å². The highest BCUT2D eigenvalue weighted by molar-refractivity contribution is 5.88. The van der Waals surface area contributed by atoms with Crippen LogP contribution in [0, 0.1) is 0 Å². The van der Waals surface area contributed by atoms with Crippen molar-refractivity contribution < 1.29 is 19.4 Å². The Morgan fingerprint density at radius 1 is 1.22 bits per heavy atom. The van der Waals surface area contributed by atoms with Gasteiger partial charge in [-0.05, 0) is 30.7 Å². The zero-order chi connectivity index (χ0) is 13.5. The summed E-state index contributed by atoms with van der Waals surface area (Å²) >= 11 is 0. The summed E-state index contributed by atoms with van der Waals surface area (Å²) in [6, 6.07) is 5.36. The molecule has 0 aliphatic heterocycles. The number of carbonyl (C=O) groups excluding carboxylic acids is 1. The Hall–Kier alpha value is -2.23. The van der Waals surface area contributed by atoms with Gasteiger partial charge in [-0.25, -0.2) is 0 Å². The molecule has 0 heterocycles. The maximum absolute atomic E-state index is 10.7. The molecule has 0 unspecified atom stereocenters. The van der Waals surface area contributed by atoms with Gasteiger partial charge in [-0.3, -0.25) is 4.79 Å². The zero-order valence-electron chi connectivity index (χ0n) is 10.6. The molecule has 1 aromatic carbocycles. The standard InChI is InChI=1S/C14H16O4/c1-10(15)8-12(16)6-4-11-5-7-13(17-2)14(9-11)18-3/h4-9,16H,1-3H3/b6-4+,12-8?. The highest BCUT2D eigenvalue weighted by Gasteiger charge is 2.02. The highest BCUT2D eigenvalue weighted by Crippen LogP contribution is 2.28. The molecule has 96 valence electrons. The number of methoxy groups -OCH3 is 2. The molecule has 4 nitrogen and oxygen atoms in total. The zero-order valence-corrected chi connectivity index (χ0v) is 10.6. The number of aliphatic hydroxyl groups excluding tert-OH is 1. The fraction of sp³-hybridized carbons (Fsp3) is 0.214. The summed E-state index contributed by atoms with van der Waals surface area (Å²) in [6.07, 6.45) is 4.27. The molecule has 0 radical (unpaired) electrons. The normalized spacial score (nSPS) is 11.6. The van der Waals surface area contributed by atoms with Gasteiger partial charge in [-0.2, -0.15) is 0 Å². The summed E-state index contributed by atoms with van der Waals surface area (Å²) in [7, 11) is 3.12. The Morgan fingerprint density at radius 3 is 2.44 bits per heavy atom. The van der Waals surface area contributed by atoms with Gasteiger partial charge < -0.3 is 14.6 Å². The quantitative estimate of drug-likeness (QED) is 0.494. The van der Waals surface area contributed by atoms with Gasteiger partial charge in [0, 0.05) is 6.08 Å². The van der Waals surface area contributed by atoms with Gasteiger partial charge in [0.2, 0.25) is 0 Å². The smallest absolute Gasteiger partial charge is 0.161 e. The first kappa shape index (κ1) is 13.8. The van der Waals surface area contributed by atoms with Gasteiger partial charge in [-0.15, -0.1) is 0 Å². The van der Waals surface area contributed by atoms with Gasteiger partial charge in [0.1, 0.15) is 5.76 Å². The molecule has 4 heteroatoms. The summed E-state index contributed by atoms with van der Waals surface area (Å²) in [4.78, 5) is 10.7. The molecule has 1 aromatic rings. The van der Waals surface area contributed by atoms with Crippen LogP contribution in [0.4, 0.5) is 0 Å². The molecule has 0 bridgehead atoms. The first-order valence-corrected chi connectivity index (χ1v) is 5.38. The molecule has 0 atom stereocenters. The van der Waals surface area contributed by atoms with E-state index in [1.807, 2.05) is 6.07 Å². The van der Waals surface area contributed by atoms with E-state index < -0.39 is 0 Å². The second-order valence-corrected chi connectivity index (χ2v) is 3.63. The van der Waals surface area contributed by atoms with Crippen molar-refractivity contribution in [2.24, 2.45) is 0 Å². The lowest BCUT2D eigenvalue weighted by atomic mass is 10.2. The van der Waals surface area contributed by atoms with Crippen LogP contribution in [0.5, 0.6) is 11.5 Å². The number of carbonyl (C=O) groups is 1. The topological polar surface area (TPSA) is 55.8 Å². The first-order valence-electron chi connectivity index (χ1n) is 5.38. The van der Waals surface area contributed by atoms with Gasteiger partial charge in [0.25, 0.3) is 0 Å². The molecular formula is C14H16O4. The Morgan fingerprint density at radius 2 is 1.89 bits per heavy atom. The van der Waals surface area contributed by atoms with E-state index in [1.165, 1.54) is 13.0 Å². The maximum atomic E-state index is 10.7. The van der Waals surface area contributed by atoms with Crippen molar-refractivity contribution in [3.8, 4) is 11.5 Å². The maximum Gasteiger partial charge on any atom is 0.161 e. The van der Waals surface area contributed by atoms with E-state index in [0.29, 0.717) is 11.5 Å². The lowest BCUT2D eigenvalue weighted by molar-refractivity contribution is -0.112. The lowest BCUT2D eigenvalue weighted by Crippen LogP contribution is -1.90. The van der Waals surface area contributed by atoms with Gasteiger partial charge in [0.05, 0.1) is 14.2 Å². The third-order valence-electron chi connectivity index (χ3n) is 2.21. The van der Waals surface area contributed by atoms with Gasteiger partial charge in [0.15, 0.2) is 17.3 Å². The lowest BCUT2D eigenvalue weighted by Gasteiger charge is -2.07. The second kappa shape index (κ2) is 6.49. The number of allylic oxidation sites excluding steroid dienone is 2. The van der Waals surface area contributed by atoms with E-state index >= 15 is 0 Å². The van der Waals surface area contributed by atoms with E-state index in [4.69, 9.17) is 9.47 Å². The van der Waals surface area contributed by atoms with Crippen molar-refractivity contribution in [1.29, 1.82) is 0 Å². The Balaban J connectivity index is 2.92. The van der Waals surface area contributed by atoms with E-state index in [2.05, 4.69) is 0 Å². The van der Waals surface area contributed by atoms with Gasteiger partial charge >= 0.3 is 0 Å². The van der Waals surface area contributed by atoms with Crippen molar-refractivity contribution >= 4 is 11.9 Å². The molecule has 0 aliphatic rings. The molecule has 0 saturated heterocycles. The predicted molar refractivity (Wildman–Crippen MR) is 70.0 cm³/mol. The molecule has 1 N–H and O–H groups in total. The molecule has 0 aromatic heterocycles. The van der Waals surface area contributed by atoms with Crippen molar-refractivity contribution in [1.82, 2.24) is 0 Å². The van der Waals surface area contributed by atoms with E-state index in [9.17, 15) is 9.90 Å². The average molecular weight is 248 g/mol. The number of hydrogen-bond donors (Lipinski definition) is 1. The van der Waals surface area contributed by atoms with Crippen LogP contribution in [-0.2, 0) is 4.79 Å². The Labute approximate surface area is 106 Å². The van der Waals surface area contributed by atoms with Crippen LogP contribution in [0.1, 0.15) is 12.5 Å². The predicted octanol–water partition coefficient (Wildman–Crippen LogP) is 2.75. The number of benzene rings is 1. The highest BCUT2D eigenvalue weighted by atomic mass is 16.5. The number of aliphatic hydroxyl groups is 1. The number of ether oxygens (including phenoxy) is 2. The summed E-state index contributed by atoms with van der Waals surface area (Å²) in [5.41, 5.74) is 0.830. The largest absolute Gasteiger partial charge is 0.508 e. The van der Waals surface area contributed by atoms with Crippen LogP contribution in [0.15, 0.2) is 36.1 Å². The molecular weight excluding hydrogens is 232 g/mol. The molecule has 18 heavy (non-hydrogen) atoms. The van der Waals surface area contributed by atoms with Crippen LogP contribution in [-0.4, -0.2) is 25.1 Å². The number of ketones is 1. The van der Waals surface area contributed by atoms with Crippen molar-refractivity contribution in [2.45, 2.75) is 6.92 Å². The van der Waals surface area contributed by atoms with Crippen molar-refractivity contribution in [3.63, 3.8) is 0 Å². The second-order valence-electron chi connectivity index (χ2n) is 3.63. The number of hydrogen-bond acceptors (Lipinski definition) is 4. The fourth-order valence-corrected chi connectivity index (χ4v) is 1.39. The van der Waals surface area contributed by atoms with Crippen molar-refractivity contribution in [3.05, 3.63) is 41.7 Å². The monoisotopic (exact) mass is 248 g/mol. The third-order valence-corrected chi connectivity index (χ3v) is 2.21. The molecule has 0 fully saturated rings. The molecule has 0 saturated carbocycles. The summed E-state index contributed by atoms with van der Waals surface area (Å²) < 4.78 is 10.3. The molecule has 0 aliphatic carbocycles. The Bertz CT molecular complexity index is 487. The minimum atomic E-state index is -0.204. The van der Waals surface area contributed by atoms with Crippen LogP contribution in [0.3, 0.4) is 0 Å². The summed E-state index contributed by atoms with van der Waals surface area (Å²) in [5.74, 6) is 0.953.